The third-order valence-corrected chi connectivity index (χ3v) is 7.00. The van der Waals surface area contributed by atoms with Crippen LogP contribution in [0.25, 0.3) is 0 Å². The van der Waals surface area contributed by atoms with Crippen molar-refractivity contribution in [1.29, 1.82) is 0 Å². The van der Waals surface area contributed by atoms with Gasteiger partial charge in [0.2, 0.25) is 0 Å². The van der Waals surface area contributed by atoms with E-state index < -0.39 is 10.0 Å². The minimum absolute atomic E-state index is 0.0640. The van der Waals surface area contributed by atoms with E-state index in [4.69, 9.17) is 4.52 Å². The highest BCUT2D eigenvalue weighted by Crippen LogP contribution is 2.73. The molecule has 7 nitrogen and oxygen atoms in total. The number of nitrogens with one attached hydrogen (secondary N) is 2. The summed E-state index contributed by atoms with van der Waals surface area (Å²) in [5.74, 6) is 0.855. The fraction of sp³-hybridized carbons (Fsp3) is 0.600. The molecule has 0 aromatic carbocycles. The minimum Gasteiger partial charge on any atom is -0.360 e. The Kier molecular flexibility index (Phi) is 3.20. The van der Waals surface area contributed by atoms with E-state index in [9.17, 15) is 8.42 Å². The highest BCUT2D eigenvalue weighted by molar-refractivity contribution is 7.92. The number of aromatic amines is 1. The van der Waals surface area contributed by atoms with Gasteiger partial charge in [0.25, 0.3) is 10.0 Å². The number of rotatable bonds is 4. The number of hydrogen-bond acceptors (Lipinski definition) is 5. The first-order valence-electron chi connectivity index (χ1n) is 7.49. The molecule has 2 aromatic rings. The Morgan fingerprint density at radius 2 is 1.83 bits per heavy atom. The monoisotopic (exact) mass is 338 g/mol. The van der Waals surface area contributed by atoms with Crippen molar-refractivity contribution in [2.75, 3.05) is 4.72 Å². The van der Waals surface area contributed by atoms with Crippen molar-refractivity contribution in [2.45, 2.75) is 52.4 Å². The zero-order valence-electron chi connectivity index (χ0n) is 14.2. The summed E-state index contributed by atoms with van der Waals surface area (Å²) in [4.78, 5) is 0.0640. The standard InChI is InChI=1S/C15H22N4O3S/c1-8-12(9(2)22-18-8)23(20,21)19-11-7-10(16-17-11)13-14(3,4)15(13,5)6/h7,13H,1-6H3,(H2,16,17,19). The smallest absolute Gasteiger partial charge is 0.268 e. The molecule has 3 rings (SSSR count). The predicted molar refractivity (Wildman–Crippen MR) is 85.7 cm³/mol. The Bertz CT molecular complexity index is 828. The van der Waals surface area contributed by atoms with Gasteiger partial charge in [-0.1, -0.05) is 32.9 Å². The van der Waals surface area contributed by atoms with E-state index in [0.29, 0.717) is 11.6 Å². The van der Waals surface area contributed by atoms with Crippen LogP contribution in [-0.4, -0.2) is 23.8 Å². The van der Waals surface area contributed by atoms with Crippen molar-refractivity contribution in [3.63, 3.8) is 0 Å². The third-order valence-electron chi connectivity index (χ3n) is 5.40. The van der Waals surface area contributed by atoms with Gasteiger partial charge in [-0.15, -0.1) is 0 Å². The van der Waals surface area contributed by atoms with Crippen LogP contribution in [0.2, 0.25) is 0 Å². The van der Waals surface area contributed by atoms with Crippen LogP contribution in [0.3, 0.4) is 0 Å². The molecule has 23 heavy (non-hydrogen) atoms. The molecule has 0 unspecified atom stereocenters. The van der Waals surface area contributed by atoms with Gasteiger partial charge in [0.15, 0.2) is 16.5 Å². The van der Waals surface area contributed by atoms with Crippen LogP contribution < -0.4 is 4.72 Å². The molecule has 126 valence electrons. The minimum atomic E-state index is -3.77. The van der Waals surface area contributed by atoms with E-state index in [1.807, 2.05) is 0 Å². The van der Waals surface area contributed by atoms with Crippen LogP contribution in [0.4, 0.5) is 5.82 Å². The van der Waals surface area contributed by atoms with Gasteiger partial charge in [-0.3, -0.25) is 9.82 Å². The fourth-order valence-corrected chi connectivity index (χ4v) is 4.88. The van der Waals surface area contributed by atoms with Crippen LogP contribution in [0.1, 0.15) is 50.8 Å². The van der Waals surface area contributed by atoms with E-state index in [0.717, 1.165) is 5.69 Å². The number of aryl methyl sites for hydroxylation is 2. The third kappa shape index (κ3) is 2.27. The molecule has 0 bridgehead atoms. The first-order valence-corrected chi connectivity index (χ1v) is 8.98. The molecule has 0 saturated heterocycles. The highest BCUT2D eigenvalue weighted by Gasteiger charge is 2.65. The van der Waals surface area contributed by atoms with Gasteiger partial charge in [0.05, 0.1) is 0 Å². The Balaban J connectivity index is 1.86. The summed E-state index contributed by atoms with van der Waals surface area (Å²) in [6, 6.07) is 1.76. The Labute approximate surface area is 135 Å². The van der Waals surface area contributed by atoms with Crippen molar-refractivity contribution < 1.29 is 12.9 Å². The first-order chi connectivity index (χ1) is 10.5. The first kappa shape index (κ1) is 16.0. The number of sulfonamides is 1. The highest BCUT2D eigenvalue weighted by atomic mass is 32.2. The van der Waals surface area contributed by atoms with Crippen molar-refractivity contribution in [1.82, 2.24) is 15.4 Å². The predicted octanol–water partition coefficient (Wildman–Crippen LogP) is 2.96. The van der Waals surface area contributed by atoms with Crippen molar-refractivity contribution in [3.05, 3.63) is 23.2 Å². The topological polar surface area (TPSA) is 101 Å². The van der Waals surface area contributed by atoms with Gasteiger partial charge < -0.3 is 4.52 Å². The molecule has 0 aliphatic heterocycles. The molecular weight excluding hydrogens is 316 g/mol. The maximum absolute atomic E-state index is 12.5. The van der Waals surface area contributed by atoms with Crippen LogP contribution >= 0.6 is 0 Å². The van der Waals surface area contributed by atoms with E-state index in [1.54, 1.807) is 19.9 Å². The van der Waals surface area contributed by atoms with E-state index in [-0.39, 0.29) is 27.3 Å². The zero-order chi connectivity index (χ0) is 17.2. The zero-order valence-corrected chi connectivity index (χ0v) is 15.0. The van der Waals surface area contributed by atoms with Gasteiger partial charge in [0, 0.05) is 17.7 Å². The number of H-pyrrole nitrogens is 1. The molecule has 1 saturated carbocycles. The second-order valence-electron chi connectivity index (χ2n) is 7.34. The molecule has 1 fully saturated rings. The maximum Gasteiger partial charge on any atom is 0.268 e. The molecular formula is C15H22N4O3S. The molecule has 0 atom stereocenters. The molecule has 1 aliphatic rings. The second kappa shape index (κ2) is 4.59. The average Bonchev–Trinajstić information content (AvgIpc) is 2.81. The normalized spacial score (nSPS) is 19.7. The SMILES string of the molecule is Cc1noc(C)c1S(=O)(=O)Nc1cc(C2C(C)(C)C2(C)C)[nH]n1. The Morgan fingerprint density at radius 3 is 2.30 bits per heavy atom. The van der Waals surface area contributed by atoms with Crippen LogP contribution in [0.5, 0.6) is 0 Å². The molecule has 2 heterocycles. The average molecular weight is 338 g/mol. The Hall–Kier alpha value is -1.83. The lowest BCUT2D eigenvalue weighted by Gasteiger charge is -2.03. The molecule has 8 heteroatoms. The van der Waals surface area contributed by atoms with E-state index in [2.05, 4.69) is 47.8 Å². The summed E-state index contributed by atoms with van der Waals surface area (Å²) in [5.41, 5.74) is 1.57. The van der Waals surface area contributed by atoms with Gasteiger partial charge in [-0.2, -0.15) is 5.10 Å². The molecule has 0 amide bonds. The fourth-order valence-electron chi connectivity index (χ4n) is 3.56. The van der Waals surface area contributed by atoms with Crippen molar-refractivity contribution in [3.8, 4) is 0 Å². The number of nitrogens with zero attached hydrogens (tertiary/aromatic N) is 2. The summed E-state index contributed by atoms with van der Waals surface area (Å²) in [6.45, 7) is 12.0. The lowest BCUT2D eigenvalue weighted by atomic mass is 10.0. The van der Waals surface area contributed by atoms with Gasteiger partial charge >= 0.3 is 0 Å². The van der Waals surface area contributed by atoms with Gasteiger partial charge in [-0.05, 0) is 24.7 Å². The largest absolute Gasteiger partial charge is 0.360 e. The molecule has 0 radical (unpaired) electrons. The summed E-state index contributed by atoms with van der Waals surface area (Å²) in [5, 5.41) is 10.7. The maximum atomic E-state index is 12.5. The van der Waals surface area contributed by atoms with Gasteiger partial charge in [0.1, 0.15) is 5.69 Å². The van der Waals surface area contributed by atoms with E-state index in [1.165, 1.54) is 0 Å². The van der Waals surface area contributed by atoms with E-state index >= 15 is 0 Å². The summed E-state index contributed by atoms with van der Waals surface area (Å²) >= 11 is 0. The second-order valence-corrected chi connectivity index (χ2v) is 8.96. The number of anilines is 1. The van der Waals surface area contributed by atoms with Crippen molar-refractivity contribution in [2.24, 2.45) is 10.8 Å². The van der Waals surface area contributed by atoms with Crippen molar-refractivity contribution >= 4 is 15.8 Å². The van der Waals surface area contributed by atoms with Crippen LogP contribution in [0, 0.1) is 24.7 Å². The lowest BCUT2D eigenvalue weighted by molar-refractivity contribution is 0.390. The summed E-state index contributed by atoms with van der Waals surface area (Å²) in [7, 11) is -3.77. The molecule has 2 N–H and O–H groups in total. The molecule has 0 spiro atoms. The molecule has 2 aromatic heterocycles. The summed E-state index contributed by atoms with van der Waals surface area (Å²) in [6.07, 6.45) is 0. The summed E-state index contributed by atoms with van der Waals surface area (Å²) < 4.78 is 32.4. The quantitative estimate of drug-likeness (QED) is 0.892. The number of aromatic nitrogens is 3. The molecule has 1 aliphatic carbocycles. The van der Waals surface area contributed by atoms with Crippen LogP contribution in [0.15, 0.2) is 15.5 Å². The number of hydrogen-bond donors (Lipinski definition) is 2. The Morgan fingerprint density at radius 1 is 1.22 bits per heavy atom. The van der Waals surface area contributed by atoms with Gasteiger partial charge in [-0.25, -0.2) is 8.42 Å². The van der Waals surface area contributed by atoms with Crippen LogP contribution in [-0.2, 0) is 10.0 Å². The lowest BCUT2D eigenvalue weighted by Crippen LogP contribution is -2.14.